The molecule has 0 heterocycles. The summed E-state index contributed by atoms with van der Waals surface area (Å²) in [5.41, 5.74) is 4.89. The fourth-order valence-corrected chi connectivity index (χ4v) is 2.30. The van der Waals surface area contributed by atoms with Crippen LogP contribution in [-0.2, 0) is 6.42 Å². The molecule has 0 saturated heterocycles. The van der Waals surface area contributed by atoms with Gasteiger partial charge in [-0.2, -0.15) is 0 Å². The van der Waals surface area contributed by atoms with Crippen LogP contribution >= 0.6 is 0 Å². The maximum atomic E-state index is 13.4. The number of aliphatic hydroxyl groups excluding tert-OH is 1. The smallest absolute Gasteiger partial charge is 0.123 e. The van der Waals surface area contributed by atoms with Gasteiger partial charge in [-0.15, -0.1) is 0 Å². The first-order chi connectivity index (χ1) is 8.95. The van der Waals surface area contributed by atoms with Gasteiger partial charge in [-0.05, 0) is 55.2 Å². The zero-order valence-electron chi connectivity index (χ0n) is 11.6. The van der Waals surface area contributed by atoms with Gasteiger partial charge in [0.15, 0.2) is 0 Å². The van der Waals surface area contributed by atoms with E-state index < -0.39 is 6.10 Å². The third-order valence-corrected chi connectivity index (χ3v) is 3.37. The van der Waals surface area contributed by atoms with E-state index in [1.807, 2.05) is 32.9 Å². The number of halogens is 1. The van der Waals surface area contributed by atoms with E-state index in [0.29, 0.717) is 12.0 Å². The fourth-order valence-electron chi connectivity index (χ4n) is 2.30. The van der Waals surface area contributed by atoms with Crippen molar-refractivity contribution in [2.45, 2.75) is 33.3 Å². The number of hydrogen-bond donors (Lipinski definition) is 1. The van der Waals surface area contributed by atoms with Gasteiger partial charge in [0.05, 0.1) is 6.10 Å². The molecule has 0 bridgehead atoms. The van der Waals surface area contributed by atoms with Crippen LogP contribution in [0.1, 0.15) is 33.9 Å². The molecule has 100 valence electrons. The van der Waals surface area contributed by atoms with E-state index in [2.05, 4.69) is 12.1 Å². The Balaban J connectivity index is 2.25. The first kappa shape index (κ1) is 13.8. The van der Waals surface area contributed by atoms with E-state index in [9.17, 15) is 9.50 Å². The third-order valence-electron chi connectivity index (χ3n) is 3.37. The van der Waals surface area contributed by atoms with E-state index in [1.54, 1.807) is 0 Å². The summed E-state index contributed by atoms with van der Waals surface area (Å²) in [7, 11) is 0. The van der Waals surface area contributed by atoms with Crippen LogP contribution in [0.15, 0.2) is 36.4 Å². The maximum Gasteiger partial charge on any atom is 0.123 e. The molecule has 19 heavy (non-hydrogen) atoms. The van der Waals surface area contributed by atoms with Crippen molar-refractivity contribution in [1.82, 2.24) is 0 Å². The molecule has 1 atom stereocenters. The molecule has 1 N–H and O–H groups in total. The predicted molar refractivity (Wildman–Crippen MR) is 75.7 cm³/mol. The van der Waals surface area contributed by atoms with Crippen molar-refractivity contribution in [2.75, 3.05) is 0 Å². The number of hydrogen-bond acceptors (Lipinski definition) is 1. The summed E-state index contributed by atoms with van der Waals surface area (Å²) in [6.07, 6.45) is -0.161. The molecule has 0 aliphatic carbocycles. The van der Waals surface area contributed by atoms with Crippen molar-refractivity contribution < 1.29 is 9.50 Å². The molecule has 0 amide bonds. The van der Waals surface area contributed by atoms with E-state index in [1.165, 1.54) is 17.7 Å². The molecule has 0 fully saturated rings. The van der Waals surface area contributed by atoms with Crippen LogP contribution in [0.4, 0.5) is 4.39 Å². The van der Waals surface area contributed by atoms with Crippen molar-refractivity contribution in [3.05, 3.63) is 70.0 Å². The molecule has 2 aromatic rings. The van der Waals surface area contributed by atoms with Crippen LogP contribution in [-0.4, -0.2) is 5.11 Å². The van der Waals surface area contributed by atoms with Crippen LogP contribution in [0.2, 0.25) is 0 Å². The third kappa shape index (κ3) is 3.42. The highest BCUT2D eigenvalue weighted by molar-refractivity contribution is 5.33. The Labute approximate surface area is 113 Å². The molecule has 0 aliphatic rings. The number of aliphatic hydroxyl groups is 1. The van der Waals surface area contributed by atoms with Gasteiger partial charge >= 0.3 is 0 Å². The highest BCUT2D eigenvalue weighted by Crippen LogP contribution is 2.23. The normalized spacial score (nSPS) is 12.5. The molecule has 1 nitrogen and oxygen atoms in total. The Hall–Kier alpha value is -1.67. The summed E-state index contributed by atoms with van der Waals surface area (Å²) in [5.74, 6) is -0.296. The predicted octanol–water partition coefficient (Wildman–Crippen LogP) is 4.03. The minimum atomic E-state index is -0.671. The number of rotatable bonds is 3. The van der Waals surface area contributed by atoms with Gasteiger partial charge in [0, 0.05) is 6.42 Å². The summed E-state index contributed by atoms with van der Waals surface area (Å²) >= 11 is 0. The largest absolute Gasteiger partial charge is 0.388 e. The Morgan fingerprint density at radius 2 is 1.74 bits per heavy atom. The van der Waals surface area contributed by atoms with E-state index >= 15 is 0 Å². The average molecular weight is 258 g/mol. The van der Waals surface area contributed by atoms with Crippen LogP contribution in [0.5, 0.6) is 0 Å². The lowest BCUT2D eigenvalue weighted by Gasteiger charge is -2.14. The van der Waals surface area contributed by atoms with Gasteiger partial charge in [-0.25, -0.2) is 4.39 Å². The fraction of sp³-hybridized carbons (Fsp3) is 0.294. The number of aryl methyl sites for hydroxylation is 3. The second kappa shape index (κ2) is 5.54. The first-order valence-electron chi connectivity index (χ1n) is 6.47. The monoisotopic (exact) mass is 258 g/mol. The lowest BCUT2D eigenvalue weighted by atomic mass is 9.96. The SMILES string of the molecule is Cc1cc(F)cc(C(O)Cc2cc(C)ccc2C)c1. The maximum absolute atomic E-state index is 13.4. The van der Waals surface area contributed by atoms with Gasteiger partial charge < -0.3 is 5.11 Å². The zero-order valence-corrected chi connectivity index (χ0v) is 11.6. The van der Waals surface area contributed by atoms with E-state index in [-0.39, 0.29) is 5.82 Å². The Morgan fingerprint density at radius 3 is 2.42 bits per heavy atom. The summed E-state index contributed by atoms with van der Waals surface area (Å²) in [4.78, 5) is 0. The van der Waals surface area contributed by atoms with Crippen molar-refractivity contribution in [1.29, 1.82) is 0 Å². The van der Waals surface area contributed by atoms with Crippen molar-refractivity contribution >= 4 is 0 Å². The highest BCUT2D eigenvalue weighted by Gasteiger charge is 2.12. The van der Waals surface area contributed by atoms with Crippen molar-refractivity contribution in [3.8, 4) is 0 Å². The van der Waals surface area contributed by atoms with E-state index in [4.69, 9.17) is 0 Å². The first-order valence-corrected chi connectivity index (χ1v) is 6.47. The standard InChI is InChI=1S/C17H19FO/c1-11-4-5-13(3)14(6-11)10-17(19)15-7-12(2)8-16(18)9-15/h4-9,17,19H,10H2,1-3H3. The van der Waals surface area contributed by atoms with Gasteiger partial charge in [0.25, 0.3) is 0 Å². The average Bonchev–Trinajstić information content (AvgIpc) is 2.32. The molecule has 0 spiro atoms. The Morgan fingerprint density at radius 1 is 1.00 bits per heavy atom. The highest BCUT2D eigenvalue weighted by atomic mass is 19.1. The zero-order chi connectivity index (χ0) is 14.0. The molecule has 0 saturated carbocycles. The summed E-state index contributed by atoms with van der Waals surface area (Å²) in [6.45, 7) is 5.89. The van der Waals surface area contributed by atoms with Crippen molar-refractivity contribution in [3.63, 3.8) is 0 Å². The molecule has 1 unspecified atom stereocenters. The lowest BCUT2D eigenvalue weighted by Crippen LogP contribution is -2.04. The quantitative estimate of drug-likeness (QED) is 0.881. The van der Waals surface area contributed by atoms with Gasteiger partial charge in [0.2, 0.25) is 0 Å². The molecule has 2 heteroatoms. The molecular weight excluding hydrogens is 239 g/mol. The van der Waals surface area contributed by atoms with Crippen LogP contribution in [0.3, 0.4) is 0 Å². The second-order valence-corrected chi connectivity index (χ2v) is 5.21. The molecule has 0 radical (unpaired) electrons. The van der Waals surface area contributed by atoms with E-state index in [0.717, 1.165) is 16.7 Å². The topological polar surface area (TPSA) is 20.2 Å². The van der Waals surface area contributed by atoms with Crippen LogP contribution in [0.25, 0.3) is 0 Å². The van der Waals surface area contributed by atoms with Crippen LogP contribution in [0, 0.1) is 26.6 Å². The Bertz CT molecular complexity index is 570. The van der Waals surface area contributed by atoms with Crippen LogP contribution < -0.4 is 0 Å². The van der Waals surface area contributed by atoms with Gasteiger partial charge in [0.1, 0.15) is 5.82 Å². The minimum absolute atomic E-state index is 0.296. The molecule has 0 aromatic heterocycles. The minimum Gasteiger partial charge on any atom is -0.388 e. The molecule has 2 aromatic carbocycles. The summed E-state index contributed by atoms with van der Waals surface area (Å²) in [6, 6.07) is 10.9. The summed E-state index contributed by atoms with van der Waals surface area (Å²) in [5, 5.41) is 10.3. The second-order valence-electron chi connectivity index (χ2n) is 5.21. The van der Waals surface area contributed by atoms with Gasteiger partial charge in [-0.1, -0.05) is 29.8 Å². The molecule has 0 aliphatic heterocycles. The lowest BCUT2D eigenvalue weighted by molar-refractivity contribution is 0.177. The van der Waals surface area contributed by atoms with Crippen molar-refractivity contribution in [2.24, 2.45) is 0 Å². The molecule has 2 rings (SSSR count). The summed E-state index contributed by atoms with van der Waals surface area (Å²) < 4.78 is 13.4. The number of benzene rings is 2. The molecular formula is C17H19FO. The van der Waals surface area contributed by atoms with Gasteiger partial charge in [-0.3, -0.25) is 0 Å². The Kier molecular flexibility index (Phi) is 4.01.